The highest BCUT2D eigenvalue weighted by Gasteiger charge is 2.30. The molecule has 0 saturated heterocycles. The Bertz CT molecular complexity index is 507. The highest BCUT2D eigenvalue weighted by Crippen LogP contribution is 2.15. The van der Waals surface area contributed by atoms with Gasteiger partial charge < -0.3 is 14.6 Å². The first kappa shape index (κ1) is 17.2. The first-order chi connectivity index (χ1) is 9.53. The summed E-state index contributed by atoms with van der Waals surface area (Å²) in [6.45, 7) is 12.4. The third-order valence-corrected chi connectivity index (χ3v) is 2.87. The lowest BCUT2D eigenvalue weighted by Crippen LogP contribution is -2.47. The predicted octanol–water partition coefficient (Wildman–Crippen LogP) is 2.39. The monoisotopic (exact) mass is 296 g/mol. The molecule has 1 N–H and O–H groups in total. The minimum Gasteiger partial charge on any atom is -0.458 e. The number of hydrogen-bond acceptors (Lipinski definition) is 5. The number of carbonyl (C=O) groups is 2. The number of nitrogens with zero attached hydrogens (tertiary/aromatic N) is 1. The molecule has 1 aromatic heterocycles. The van der Waals surface area contributed by atoms with Crippen molar-refractivity contribution in [1.82, 2.24) is 10.5 Å². The number of aryl methyl sites for hydroxylation is 2. The summed E-state index contributed by atoms with van der Waals surface area (Å²) < 4.78 is 10.3. The average Bonchev–Trinajstić information content (AvgIpc) is 2.63. The maximum atomic E-state index is 12.3. The number of hydrogen-bond donors (Lipinski definition) is 1. The summed E-state index contributed by atoms with van der Waals surface area (Å²) in [6.07, 6.45) is 0. The van der Waals surface area contributed by atoms with Gasteiger partial charge in [-0.1, -0.05) is 19.0 Å². The SMILES string of the molecule is Cc1noc(C)c1C(=O)N[C@@H](C(=O)OC(C)(C)C)C(C)C. The van der Waals surface area contributed by atoms with E-state index in [0.717, 1.165) is 0 Å². The molecule has 118 valence electrons. The summed E-state index contributed by atoms with van der Waals surface area (Å²) in [5.74, 6) is -0.491. The molecule has 1 amide bonds. The number of nitrogens with one attached hydrogen (secondary N) is 1. The lowest BCUT2D eigenvalue weighted by molar-refractivity contribution is -0.158. The molecule has 0 spiro atoms. The van der Waals surface area contributed by atoms with Gasteiger partial charge in [-0.15, -0.1) is 0 Å². The zero-order valence-corrected chi connectivity index (χ0v) is 13.7. The summed E-state index contributed by atoms with van der Waals surface area (Å²) >= 11 is 0. The summed E-state index contributed by atoms with van der Waals surface area (Å²) in [6, 6.07) is -0.717. The average molecular weight is 296 g/mol. The van der Waals surface area contributed by atoms with Crippen molar-refractivity contribution in [2.75, 3.05) is 0 Å². The second kappa shape index (κ2) is 6.28. The second-order valence-electron chi connectivity index (χ2n) is 6.43. The van der Waals surface area contributed by atoms with Crippen molar-refractivity contribution in [3.8, 4) is 0 Å². The fraction of sp³-hybridized carbons (Fsp3) is 0.667. The van der Waals surface area contributed by atoms with E-state index >= 15 is 0 Å². The van der Waals surface area contributed by atoms with E-state index in [9.17, 15) is 9.59 Å². The molecule has 0 unspecified atom stereocenters. The standard InChI is InChI=1S/C15H24N2O4/c1-8(2)12(14(19)20-15(5,6)7)16-13(18)11-9(3)17-21-10(11)4/h8,12H,1-7H3,(H,16,18)/t12-/m1/s1. The van der Waals surface area contributed by atoms with E-state index in [-0.39, 0.29) is 11.8 Å². The van der Waals surface area contributed by atoms with Crippen LogP contribution >= 0.6 is 0 Å². The lowest BCUT2D eigenvalue weighted by Gasteiger charge is -2.26. The maximum absolute atomic E-state index is 12.3. The topological polar surface area (TPSA) is 81.4 Å². The predicted molar refractivity (Wildman–Crippen MR) is 77.9 cm³/mol. The Morgan fingerprint density at radius 3 is 2.19 bits per heavy atom. The fourth-order valence-electron chi connectivity index (χ4n) is 1.88. The smallest absolute Gasteiger partial charge is 0.329 e. The molecular formula is C15H24N2O4. The molecule has 0 aliphatic carbocycles. The van der Waals surface area contributed by atoms with Crippen LogP contribution in [0, 0.1) is 19.8 Å². The van der Waals surface area contributed by atoms with E-state index in [1.807, 2.05) is 13.8 Å². The Morgan fingerprint density at radius 2 is 1.81 bits per heavy atom. The maximum Gasteiger partial charge on any atom is 0.329 e. The van der Waals surface area contributed by atoms with E-state index < -0.39 is 17.6 Å². The van der Waals surface area contributed by atoms with Gasteiger partial charge in [-0.05, 0) is 40.5 Å². The number of esters is 1. The van der Waals surface area contributed by atoms with Crippen molar-refractivity contribution in [3.63, 3.8) is 0 Å². The zero-order valence-electron chi connectivity index (χ0n) is 13.7. The lowest BCUT2D eigenvalue weighted by atomic mass is 10.0. The van der Waals surface area contributed by atoms with E-state index in [1.54, 1.807) is 34.6 Å². The van der Waals surface area contributed by atoms with E-state index in [0.29, 0.717) is 17.0 Å². The Kier molecular flexibility index (Phi) is 5.15. The number of aromatic nitrogens is 1. The molecular weight excluding hydrogens is 272 g/mol. The fourth-order valence-corrected chi connectivity index (χ4v) is 1.88. The highest BCUT2D eigenvalue weighted by molar-refractivity contribution is 5.98. The Hall–Kier alpha value is -1.85. The van der Waals surface area contributed by atoms with E-state index in [2.05, 4.69) is 10.5 Å². The molecule has 0 aromatic carbocycles. The highest BCUT2D eigenvalue weighted by atomic mass is 16.6. The Labute approximate surface area is 125 Å². The largest absolute Gasteiger partial charge is 0.458 e. The third kappa shape index (κ3) is 4.58. The number of ether oxygens (including phenoxy) is 1. The van der Waals surface area contributed by atoms with Crippen molar-refractivity contribution >= 4 is 11.9 Å². The molecule has 1 rings (SSSR count). The van der Waals surface area contributed by atoms with Crippen LogP contribution < -0.4 is 5.32 Å². The van der Waals surface area contributed by atoms with E-state index in [4.69, 9.17) is 9.26 Å². The Balaban J connectivity index is 2.89. The van der Waals surface area contributed by atoms with Crippen LogP contribution in [0.2, 0.25) is 0 Å². The summed E-state index contributed by atoms with van der Waals surface area (Å²) in [5, 5.41) is 6.45. The number of rotatable bonds is 4. The van der Waals surface area contributed by atoms with Gasteiger partial charge in [0, 0.05) is 0 Å². The third-order valence-electron chi connectivity index (χ3n) is 2.87. The summed E-state index contributed by atoms with van der Waals surface area (Å²) in [7, 11) is 0. The first-order valence-corrected chi connectivity index (χ1v) is 6.99. The normalized spacial score (nSPS) is 13.1. The van der Waals surface area contributed by atoms with Gasteiger partial charge in [0.1, 0.15) is 23.0 Å². The van der Waals surface area contributed by atoms with Gasteiger partial charge in [0.25, 0.3) is 5.91 Å². The van der Waals surface area contributed by atoms with Crippen LogP contribution in [0.5, 0.6) is 0 Å². The van der Waals surface area contributed by atoms with Gasteiger partial charge in [0.15, 0.2) is 0 Å². The van der Waals surface area contributed by atoms with Crippen molar-refractivity contribution in [3.05, 3.63) is 17.0 Å². The zero-order chi connectivity index (χ0) is 16.4. The van der Waals surface area contributed by atoms with Gasteiger partial charge >= 0.3 is 5.97 Å². The molecule has 1 heterocycles. The van der Waals surface area contributed by atoms with Gasteiger partial charge in [0.2, 0.25) is 0 Å². The summed E-state index contributed by atoms with van der Waals surface area (Å²) in [4.78, 5) is 24.5. The van der Waals surface area contributed by atoms with Gasteiger partial charge in [-0.25, -0.2) is 4.79 Å². The van der Waals surface area contributed by atoms with Gasteiger partial charge in [0.05, 0.1) is 5.69 Å². The molecule has 0 saturated carbocycles. The molecule has 1 atom stereocenters. The van der Waals surface area contributed by atoms with Gasteiger partial charge in [-0.3, -0.25) is 4.79 Å². The minimum atomic E-state index is -0.717. The summed E-state index contributed by atoms with van der Waals surface area (Å²) in [5.41, 5.74) is 0.263. The van der Waals surface area contributed by atoms with Crippen LogP contribution in [0.4, 0.5) is 0 Å². The Morgan fingerprint density at radius 1 is 1.24 bits per heavy atom. The van der Waals surface area contributed by atoms with Gasteiger partial charge in [-0.2, -0.15) is 0 Å². The molecule has 6 nitrogen and oxygen atoms in total. The number of carbonyl (C=O) groups excluding carboxylic acids is 2. The quantitative estimate of drug-likeness (QED) is 0.863. The molecule has 0 radical (unpaired) electrons. The van der Waals surface area contributed by atoms with Crippen molar-refractivity contribution in [2.45, 2.75) is 60.1 Å². The molecule has 21 heavy (non-hydrogen) atoms. The van der Waals surface area contributed by atoms with Crippen molar-refractivity contribution in [2.24, 2.45) is 5.92 Å². The van der Waals surface area contributed by atoms with Crippen molar-refractivity contribution in [1.29, 1.82) is 0 Å². The minimum absolute atomic E-state index is 0.0933. The second-order valence-corrected chi connectivity index (χ2v) is 6.43. The number of amides is 1. The molecule has 1 aromatic rings. The van der Waals surface area contributed by atoms with Crippen LogP contribution in [0.1, 0.15) is 56.4 Å². The molecule has 0 bridgehead atoms. The van der Waals surface area contributed by atoms with Crippen LogP contribution in [0.3, 0.4) is 0 Å². The van der Waals surface area contributed by atoms with Crippen LogP contribution in [-0.2, 0) is 9.53 Å². The van der Waals surface area contributed by atoms with Crippen LogP contribution in [0.25, 0.3) is 0 Å². The van der Waals surface area contributed by atoms with Crippen LogP contribution in [0.15, 0.2) is 4.52 Å². The van der Waals surface area contributed by atoms with Crippen LogP contribution in [-0.4, -0.2) is 28.7 Å². The molecule has 0 aliphatic heterocycles. The van der Waals surface area contributed by atoms with Crippen molar-refractivity contribution < 1.29 is 18.8 Å². The first-order valence-electron chi connectivity index (χ1n) is 6.99. The molecule has 6 heteroatoms. The molecule has 0 fully saturated rings. The van der Waals surface area contributed by atoms with E-state index in [1.165, 1.54) is 0 Å². The molecule has 0 aliphatic rings.